The molecule has 1 aliphatic heterocycles. The Bertz CT molecular complexity index is 1040. The largest absolute Gasteiger partial charge is 0.379 e. The van der Waals surface area contributed by atoms with Crippen molar-refractivity contribution in [3.8, 4) is 11.4 Å². The summed E-state index contributed by atoms with van der Waals surface area (Å²) < 4.78 is 18.5. The summed E-state index contributed by atoms with van der Waals surface area (Å²) in [6.07, 6.45) is 2.54. The van der Waals surface area contributed by atoms with Gasteiger partial charge in [0.1, 0.15) is 11.6 Å². The molecule has 7 nitrogen and oxygen atoms in total. The molecule has 4 rings (SSSR count). The first-order valence-corrected chi connectivity index (χ1v) is 10.7. The van der Waals surface area contributed by atoms with Crippen LogP contribution in [0.1, 0.15) is 16.8 Å². The Balaban J connectivity index is 1.33. The van der Waals surface area contributed by atoms with Crippen molar-refractivity contribution in [2.45, 2.75) is 6.42 Å². The first-order valence-electron chi connectivity index (χ1n) is 10.7. The fraction of sp³-hybridized carbons (Fsp3) is 0.292. The Labute approximate surface area is 186 Å². The molecule has 1 amide bonds. The number of benzene rings is 2. The van der Waals surface area contributed by atoms with Crippen molar-refractivity contribution in [2.75, 3.05) is 44.7 Å². The van der Waals surface area contributed by atoms with Gasteiger partial charge in [-0.1, -0.05) is 6.07 Å². The lowest BCUT2D eigenvalue weighted by atomic mass is 10.2. The number of nitrogens with one attached hydrogen (secondary N) is 2. The summed E-state index contributed by atoms with van der Waals surface area (Å²) in [6, 6.07) is 15.0. The normalized spacial score (nSPS) is 14.2. The lowest BCUT2D eigenvalue weighted by Gasteiger charge is -2.26. The van der Waals surface area contributed by atoms with Gasteiger partial charge in [0, 0.05) is 42.6 Å². The van der Waals surface area contributed by atoms with Crippen molar-refractivity contribution in [1.82, 2.24) is 20.2 Å². The number of anilines is 2. The zero-order valence-electron chi connectivity index (χ0n) is 17.8. The molecule has 1 aromatic heterocycles. The number of hydrogen-bond donors (Lipinski definition) is 2. The summed E-state index contributed by atoms with van der Waals surface area (Å²) in [5.41, 5.74) is 2.05. The third-order valence-electron chi connectivity index (χ3n) is 5.20. The van der Waals surface area contributed by atoms with Gasteiger partial charge < -0.3 is 15.4 Å². The maximum Gasteiger partial charge on any atom is 0.251 e. The van der Waals surface area contributed by atoms with E-state index in [1.165, 1.54) is 12.1 Å². The van der Waals surface area contributed by atoms with E-state index in [9.17, 15) is 9.18 Å². The summed E-state index contributed by atoms with van der Waals surface area (Å²) in [5.74, 6) is 0.663. The molecule has 2 heterocycles. The summed E-state index contributed by atoms with van der Waals surface area (Å²) in [7, 11) is 0. The maximum atomic E-state index is 13.2. The van der Waals surface area contributed by atoms with Crippen molar-refractivity contribution < 1.29 is 13.9 Å². The SMILES string of the molecule is O=C(NCCCN1CCOCC1)c1cccc(Nc2ccnc(-c3ccc(F)cc3)n2)c1. The Morgan fingerprint density at radius 1 is 1.09 bits per heavy atom. The topological polar surface area (TPSA) is 79.4 Å². The Hall–Kier alpha value is -3.36. The molecule has 0 spiro atoms. The smallest absolute Gasteiger partial charge is 0.251 e. The molecule has 0 saturated carbocycles. The van der Waals surface area contributed by atoms with E-state index in [1.807, 2.05) is 12.1 Å². The Morgan fingerprint density at radius 3 is 2.72 bits per heavy atom. The van der Waals surface area contributed by atoms with E-state index in [1.54, 1.807) is 36.5 Å². The van der Waals surface area contributed by atoms with Gasteiger partial charge in [-0.3, -0.25) is 9.69 Å². The average molecular weight is 436 g/mol. The third-order valence-corrected chi connectivity index (χ3v) is 5.20. The second kappa shape index (κ2) is 10.8. The molecule has 3 aromatic rings. The molecular formula is C24H26FN5O2. The second-order valence-corrected chi connectivity index (χ2v) is 7.54. The molecule has 8 heteroatoms. The molecule has 1 fully saturated rings. The van der Waals surface area contributed by atoms with Gasteiger partial charge in [0.2, 0.25) is 0 Å². The van der Waals surface area contributed by atoms with Gasteiger partial charge >= 0.3 is 0 Å². The molecule has 0 radical (unpaired) electrons. The van der Waals surface area contributed by atoms with Crippen LogP contribution in [0.15, 0.2) is 60.8 Å². The van der Waals surface area contributed by atoms with Crippen LogP contribution in [0.3, 0.4) is 0 Å². The van der Waals surface area contributed by atoms with E-state index in [4.69, 9.17) is 4.74 Å². The molecule has 32 heavy (non-hydrogen) atoms. The minimum absolute atomic E-state index is 0.106. The van der Waals surface area contributed by atoms with E-state index >= 15 is 0 Å². The molecular weight excluding hydrogens is 409 g/mol. The minimum atomic E-state index is -0.306. The molecule has 166 valence electrons. The second-order valence-electron chi connectivity index (χ2n) is 7.54. The molecule has 0 aliphatic carbocycles. The highest BCUT2D eigenvalue weighted by atomic mass is 19.1. The van der Waals surface area contributed by atoms with E-state index in [0.29, 0.717) is 23.8 Å². The van der Waals surface area contributed by atoms with E-state index in [0.717, 1.165) is 50.5 Å². The Kier molecular flexibility index (Phi) is 7.37. The zero-order valence-corrected chi connectivity index (χ0v) is 17.8. The standard InChI is InChI=1S/C24H26FN5O2/c25-20-7-5-18(6-8-20)23-26-11-9-22(29-23)28-21-4-1-3-19(17-21)24(31)27-10-2-12-30-13-15-32-16-14-30/h1,3-9,11,17H,2,10,12-16H2,(H,27,31)(H,26,28,29). The Morgan fingerprint density at radius 2 is 1.91 bits per heavy atom. The summed E-state index contributed by atoms with van der Waals surface area (Å²) >= 11 is 0. The predicted molar refractivity (Wildman–Crippen MR) is 121 cm³/mol. The lowest BCUT2D eigenvalue weighted by Crippen LogP contribution is -2.38. The van der Waals surface area contributed by atoms with E-state index < -0.39 is 0 Å². The highest BCUT2D eigenvalue weighted by Crippen LogP contribution is 2.20. The van der Waals surface area contributed by atoms with Gasteiger partial charge in [-0.25, -0.2) is 14.4 Å². The number of carbonyl (C=O) groups excluding carboxylic acids is 1. The summed E-state index contributed by atoms with van der Waals surface area (Å²) in [4.78, 5) is 23.6. The van der Waals surface area contributed by atoms with Crippen molar-refractivity contribution >= 4 is 17.4 Å². The number of carbonyl (C=O) groups is 1. The highest BCUT2D eigenvalue weighted by molar-refractivity contribution is 5.95. The molecule has 0 unspecified atom stereocenters. The fourth-order valence-corrected chi connectivity index (χ4v) is 3.48. The van der Waals surface area contributed by atoms with Gasteiger partial charge in [0.25, 0.3) is 5.91 Å². The van der Waals surface area contributed by atoms with Crippen LogP contribution in [0, 0.1) is 5.82 Å². The van der Waals surface area contributed by atoms with Gasteiger partial charge in [0.15, 0.2) is 5.82 Å². The van der Waals surface area contributed by atoms with Crippen LogP contribution in [-0.4, -0.2) is 60.2 Å². The van der Waals surface area contributed by atoms with Crippen molar-refractivity contribution in [3.63, 3.8) is 0 Å². The molecule has 0 atom stereocenters. The number of hydrogen-bond acceptors (Lipinski definition) is 6. The first kappa shape index (κ1) is 21.9. The van der Waals surface area contributed by atoms with Gasteiger partial charge in [-0.15, -0.1) is 0 Å². The molecule has 1 aliphatic rings. The summed E-state index contributed by atoms with van der Waals surface area (Å²) in [5, 5.41) is 6.19. The first-order chi connectivity index (χ1) is 15.7. The van der Waals surface area contributed by atoms with Gasteiger partial charge in [-0.2, -0.15) is 0 Å². The van der Waals surface area contributed by atoms with Crippen LogP contribution in [0.4, 0.5) is 15.9 Å². The molecule has 2 aromatic carbocycles. The van der Waals surface area contributed by atoms with Gasteiger partial charge in [-0.05, 0) is 61.5 Å². The lowest BCUT2D eigenvalue weighted by molar-refractivity contribution is 0.0374. The zero-order chi connectivity index (χ0) is 22.2. The molecule has 2 N–H and O–H groups in total. The number of amides is 1. The van der Waals surface area contributed by atoms with E-state index in [2.05, 4.69) is 25.5 Å². The molecule has 1 saturated heterocycles. The number of nitrogens with zero attached hydrogens (tertiary/aromatic N) is 3. The van der Waals surface area contributed by atoms with Crippen molar-refractivity contribution in [2.24, 2.45) is 0 Å². The third kappa shape index (κ3) is 6.09. The predicted octanol–water partition coefficient (Wildman–Crippen LogP) is 3.48. The highest BCUT2D eigenvalue weighted by Gasteiger charge is 2.11. The quantitative estimate of drug-likeness (QED) is 0.528. The maximum absolute atomic E-state index is 13.2. The van der Waals surface area contributed by atoms with Crippen LogP contribution >= 0.6 is 0 Å². The van der Waals surface area contributed by atoms with Gasteiger partial charge in [0.05, 0.1) is 13.2 Å². The van der Waals surface area contributed by atoms with Crippen molar-refractivity contribution in [3.05, 3.63) is 72.2 Å². The molecule has 0 bridgehead atoms. The number of aromatic nitrogens is 2. The minimum Gasteiger partial charge on any atom is -0.379 e. The van der Waals surface area contributed by atoms with Crippen LogP contribution in [0.2, 0.25) is 0 Å². The number of ether oxygens (including phenoxy) is 1. The monoisotopic (exact) mass is 435 g/mol. The van der Waals surface area contributed by atoms with E-state index in [-0.39, 0.29) is 11.7 Å². The van der Waals surface area contributed by atoms with Crippen LogP contribution in [0.5, 0.6) is 0 Å². The van der Waals surface area contributed by atoms with Crippen LogP contribution < -0.4 is 10.6 Å². The summed E-state index contributed by atoms with van der Waals surface area (Å²) in [6.45, 7) is 5.05. The fourth-order valence-electron chi connectivity index (χ4n) is 3.48. The van der Waals surface area contributed by atoms with Crippen molar-refractivity contribution in [1.29, 1.82) is 0 Å². The average Bonchev–Trinajstić information content (AvgIpc) is 2.83. The van der Waals surface area contributed by atoms with Crippen LogP contribution in [-0.2, 0) is 4.74 Å². The van der Waals surface area contributed by atoms with Crippen LogP contribution in [0.25, 0.3) is 11.4 Å². The number of morpholine rings is 1. The number of rotatable bonds is 8. The number of halogens is 1.